The molecule has 0 spiro atoms. The van der Waals surface area contributed by atoms with Crippen molar-refractivity contribution in [3.8, 4) is 11.5 Å². The molecule has 2 rings (SSSR count). The number of carbonyl (C=O) groups excluding carboxylic acids is 1. The van der Waals surface area contributed by atoms with Crippen LogP contribution in [-0.2, 0) is 17.8 Å². The molecule has 2 aromatic carbocycles. The first kappa shape index (κ1) is 21.5. The van der Waals surface area contributed by atoms with Crippen molar-refractivity contribution >= 4 is 5.91 Å². The Bertz CT molecular complexity index is 761. The Hall–Kier alpha value is -2.84. The summed E-state index contributed by atoms with van der Waals surface area (Å²) in [6.07, 6.45) is -4.14. The molecule has 0 N–H and O–H groups in total. The highest BCUT2D eigenvalue weighted by Crippen LogP contribution is 2.23. The van der Waals surface area contributed by atoms with Gasteiger partial charge in [0.2, 0.25) is 5.91 Å². The van der Waals surface area contributed by atoms with E-state index in [1.165, 1.54) is 41.3 Å². The number of rotatable bonds is 8. The highest BCUT2D eigenvalue weighted by molar-refractivity contribution is 5.76. The van der Waals surface area contributed by atoms with E-state index in [0.29, 0.717) is 12.0 Å². The number of alkyl halides is 5. The van der Waals surface area contributed by atoms with Crippen LogP contribution in [0.25, 0.3) is 0 Å². The van der Waals surface area contributed by atoms with Gasteiger partial charge in [0.05, 0.1) is 0 Å². The van der Waals surface area contributed by atoms with Crippen molar-refractivity contribution in [3.63, 3.8) is 0 Å². The van der Waals surface area contributed by atoms with E-state index in [1.807, 2.05) is 0 Å². The van der Waals surface area contributed by atoms with Crippen LogP contribution in [-0.4, -0.2) is 30.8 Å². The third-order valence-electron chi connectivity index (χ3n) is 3.78. The minimum atomic E-state index is -4.75. The summed E-state index contributed by atoms with van der Waals surface area (Å²) in [6, 6.07) is 11.3. The molecule has 1 amide bonds. The minimum Gasteiger partial charge on any atom is -0.435 e. The summed E-state index contributed by atoms with van der Waals surface area (Å²) in [5, 5.41) is 0. The summed E-state index contributed by atoms with van der Waals surface area (Å²) in [5.41, 5.74) is 1.44. The van der Waals surface area contributed by atoms with Gasteiger partial charge in [-0.1, -0.05) is 24.3 Å². The molecule has 0 radical (unpaired) electrons. The van der Waals surface area contributed by atoms with E-state index in [0.717, 1.165) is 5.56 Å². The molecule has 0 bridgehead atoms. The van der Waals surface area contributed by atoms with Crippen molar-refractivity contribution in [2.45, 2.75) is 32.4 Å². The van der Waals surface area contributed by atoms with Gasteiger partial charge in [0, 0.05) is 20.0 Å². The van der Waals surface area contributed by atoms with Gasteiger partial charge in [0.1, 0.15) is 11.5 Å². The smallest absolute Gasteiger partial charge is 0.435 e. The van der Waals surface area contributed by atoms with Crippen LogP contribution < -0.4 is 9.47 Å². The van der Waals surface area contributed by atoms with Crippen LogP contribution in [0.4, 0.5) is 22.0 Å². The van der Waals surface area contributed by atoms with Gasteiger partial charge >= 0.3 is 13.0 Å². The average molecular weight is 403 g/mol. The fourth-order valence-corrected chi connectivity index (χ4v) is 2.44. The second-order valence-electron chi connectivity index (χ2n) is 5.96. The van der Waals surface area contributed by atoms with Crippen molar-refractivity contribution < 1.29 is 36.2 Å². The maximum absolute atomic E-state index is 12.2. The Kier molecular flexibility index (Phi) is 7.19. The molecular formula is C19H18F5NO3. The second kappa shape index (κ2) is 9.38. The van der Waals surface area contributed by atoms with Crippen LogP contribution in [0.2, 0.25) is 0 Å². The maximum Gasteiger partial charge on any atom is 0.573 e. The van der Waals surface area contributed by atoms with Gasteiger partial charge in [-0.2, -0.15) is 8.78 Å². The van der Waals surface area contributed by atoms with E-state index in [9.17, 15) is 26.7 Å². The molecular weight excluding hydrogens is 385 g/mol. The second-order valence-corrected chi connectivity index (χ2v) is 5.96. The molecule has 0 aliphatic rings. The SMILES string of the molecule is CN(Cc1ccc(OC(F)(F)F)cc1)C(=O)CCc1ccc(OC(F)F)cc1. The summed E-state index contributed by atoms with van der Waals surface area (Å²) < 4.78 is 68.7. The van der Waals surface area contributed by atoms with Gasteiger partial charge in [-0.15, -0.1) is 13.2 Å². The summed E-state index contributed by atoms with van der Waals surface area (Å²) in [6.45, 7) is -2.66. The minimum absolute atomic E-state index is 0.0418. The lowest BCUT2D eigenvalue weighted by Gasteiger charge is -2.18. The molecule has 0 heterocycles. The van der Waals surface area contributed by atoms with E-state index < -0.39 is 13.0 Å². The number of benzene rings is 2. The lowest BCUT2D eigenvalue weighted by Crippen LogP contribution is -2.26. The van der Waals surface area contributed by atoms with Gasteiger partial charge in [-0.3, -0.25) is 4.79 Å². The molecule has 0 unspecified atom stereocenters. The average Bonchev–Trinajstić information content (AvgIpc) is 2.60. The van der Waals surface area contributed by atoms with Crippen molar-refractivity contribution in [3.05, 3.63) is 59.7 Å². The van der Waals surface area contributed by atoms with E-state index in [1.54, 1.807) is 19.2 Å². The zero-order chi connectivity index (χ0) is 20.7. The largest absolute Gasteiger partial charge is 0.573 e. The quantitative estimate of drug-likeness (QED) is 0.596. The standard InChI is InChI=1S/C19H18F5NO3/c1-25(12-14-4-9-16(10-5-14)28-19(22,23)24)17(26)11-6-13-2-7-15(8-3-13)27-18(20)21/h2-5,7-10,18H,6,11-12H2,1H3. The zero-order valence-corrected chi connectivity index (χ0v) is 14.9. The molecule has 0 aliphatic carbocycles. The first-order chi connectivity index (χ1) is 13.1. The zero-order valence-electron chi connectivity index (χ0n) is 14.9. The van der Waals surface area contributed by atoms with Gasteiger partial charge < -0.3 is 14.4 Å². The lowest BCUT2D eigenvalue weighted by molar-refractivity contribution is -0.274. The molecule has 28 heavy (non-hydrogen) atoms. The summed E-state index contributed by atoms with van der Waals surface area (Å²) in [7, 11) is 1.59. The van der Waals surface area contributed by atoms with Crippen LogP contribution in [0.15, 0.2) is 48.5 Å². The van der Waals surface area contributed by atoms with Crippen molar-refractivity contribution in [1.29, 1.82) is 0 Å². The Morgan fingerprint density at radius 1 is 0.964 bits per heavy atom. The molecule has 0 saturated carbocycles. The predicted octanol–water partition coefficient (Wildman–Crippen LogP) is 4.78. The van der Waals surface area contributed by atoms with Crippen molar-refractivity contribution in [1.82, 2.24) is 4.90 Å². The number of amides is 1. The number of carbonyl (C=O) groups is 1. The number of hydrogen-bond donors (Lipinski definition) is 0. The monoisotopic (exact) mass is 403 g/mol. The highest BCUT2D eigenvalue weighted by atomic mass is 19.4. The highest BCUT2D eigenvalue weighted by Gasteiger charge is 2.30. The summed E-state index contributed by atoms with van der Waals surface area (Å²) in [4.78, 5) is 13.7. The molecule has 4 nitrogen and oxygen atoms in total. The van der Waals surface area contributed by atoms with Crippen LogP contribution in [0.3, 0.4) is 0 Å². The summed E-state index contributed by atoms with van der Waals surface area (Å²) in [5.74, 6) is -0.451. The van der Waals surface area contributed by atoms with Crippen molar-refractivity contribution in [2.24, 2.45) is 0 Å². The number of ether oxygens (including phenoxy) is 2. The van der Waals surface area contributed by atoms with Crippen LogP contribution in [0.1, 0.15) is 17.5 Å². The Labute approximate surface area is 158 Å². The van der Waals surface area contributed by atoms with Gasteiger partial charge in [0.15, 0.2) is 0 Å². The molecule has 0 saturated heterocycles. The first-order valence-electron chi connectivity index (χ1n) is 8.25. The van der Waals surface area contributed by atoms with Crippen LogP contribution in [0.5, 0.6) is 11.5 Å². The molecule has 152 valence electrons. The normalized spacial score (nSPS) is 11.4. The fraction of sp³-hybridized carbons (Fsp3) is 0.316. The third kappa shape index (κ3) is 7.42. The molecule has 0 aromatic heterocycles. The predicted molar refractivity (Wildman–Crippen MR) is 91.0 cm³/mol. The Morgan fingerprint density at radius 3 is 2.04 bits per heavy atom. The Balaban J connectivity index is 1.82. The number of nitrogens with zero attached hydrogens (tertiary/aromatic N) is 1. The van der Waals surface area contributed by atoms with Gasteiger partial charge in [0.25, 0.3) is 0 Å². The van der Waals surface area contributed by atoms with Crippen molar-refractivity contribution in [2.75, 3.05) is 7.05 Å². The van der Waals surface area contributed by atoms with Crippen LogP contribution >= 0.6 is 0 Å². The number of hydrogen-bond acceptors (Lipinski definition) is 3. The first-order valence-corrected chi connectivity index (χ1v) is 8.25. The summed E-state index contributed by atoms with van der Waals surface area (Å²) >= 11 is 0. The van der Waals surface area contributed by atoms with E-state index in [4.69, 9.17) is 0 Å². The fourth-order valence-electron chi connectivity index (χ4n) is 2.44. The number of aryl methyl sites for hydroxylation is 1. The Morgan fingerprint density at radius 2 is 1.50 bits per heavy atom. The maximum atomic E-state index is 12.2. The van der Waals surface area contributed by atoms with E-state index >= 15 is 0 Å². The third-order valence-corrected chi connectivity index (χ3v) is 3.78. The molecule has 0 fully saturated rings. The van der Waals surface area contributed by atoms with Gasteiger partial charge in [-0.05, 0) is 41.8 Å². The molecule has 0 aliphatic heterocycles. The van der Waals surface area contributed by atoms with E-state index in [-0.39, 0.29) is 30.4 Å². The molecule has 0 atom stereocenters. The van der Waals surface area contributed by atoms with Gasteiger partial charge in [-0.25, -0.2) is 0 Å². The van der Waals surface area contributed by atoms with E-state index in [2.05, 4.69) is 9.47 Å². The topological polar surface area (TPSA) is 38.8 Å². The van der Waals surface area contributed by atoms with Crippen LogP contribution in [0, 0.1) is 0 Å². The number of halogens is 5. The molecule has 2 aromatic rings. The molecule has 9 heteroatoms. The lowest BCUT2D eigenvalue weighted by atomic mass is 10.1.